The second kappa shape index (κ2) is 14.3. The zero-order valence-electron chi connectivity index (χ0n) is 22.1. The molecule has 3 N–H and O–H groups in total. The van der Waals surface area contributed by atoms with Gasteiger partial charge in [-0.1, -0.05) is 23.7 Å². The number of aliphatic hydroxyl groups excluding tert-OH is 1. The number of anilines is 2. The van der Waals surface area contributed by atoms with E-state index in [9.17, 15) is 24.3 Å². The average Bonchev–Trinajstić information content (AvgIpc) is 3.47. The van der Waals surface area contributed by atoms with Crippen molar-refractivity contribution in [2.24, 2.45) is 11.8 Å². The summed E-state index contributed by atoms with van der Waals surface area (Å²) in [6.07, 6.45) is 3.84. The van der Waals surface area contributed by atoms with E-state index in [-0.39, 0.29) is 77.7 Å². The van der Waals surface area contributed by atoms with Gasteiger partial charge in [-0.25, -0.2) is 4.98 Å². The summed E-state index contributed by atoms with van der Waals surface area (Å²) in [5, 5.41) is 16.1. The monoisotopic (exact) mass is 595 g/mol. The summed E-state index contributed by atoms with van der Waals surface area (Å²) in [6, 6.07) is 5.18. The zero-order chi connectivity index (χ0) is 26.2. The van der Waals surface area contributed by atoms with E-state index in [0.717, 1.165) is 18.7 Å². The van der Waals surface area contributed by atoms with E-state index >= 15 is 0 Å². The van der Waals surface area contributed by atoms with Gasteiger partial charge in [-0.3, -0.25) is 4.79 Å². The Balaban J connectivity index is 0.00000210. The van der Waals surface area contributed by atoms with Crippen LogP contribution < -0.4 is 84.4 Å². The molecule has 200 valence electrons. The third-order valence-corrected chi connectivity index (χ3v) is 8.23. The van der Waals surface area contributed by atoms with Crippen LogP contribution in [0, 0.1) is 11.8 Å². The summed E-state index contributed by atoms with van der Waals surface area (Å²) < 4.78 is 15.5. The van der Waals surface area contributed by atoms with Crippen LogP contribution in [0.25, 0.3) is 0 Å². The molecule has 0 radical (unpaired) electrons. The number of rotatable bonds is 9. The number of nitrogens with one attached hydrogen (secondary N) is 2. The Hall–Kier alpha value is -0.270. The van der Waals surface area contributed by atoms with Gasteiger partial charge >= 0.3 is 59.1 Å². The number of carbonyl (C=O) groups is 1. The largest absolute Gasteiger partial charge is 1.00 e. The molecule has 3 aliphatic rings. The van der Waals surface area contributed by atoms with E-state index in [2.05, 4.69) is 25.0 Å². The molecule has 1 aliphatic heterocycles. The number of halogens is 1. The molecule has 2 aliphatic carbocycles. The molecule has 15 heteroatoms. The number of benzene rings is 1. The van der Waals surface area contributed by atoms with Crippen LogP contribution in [-0.2, 0) is 22.2 Å². The van der Waals surface area contributed by atoms with E-state index in [1.54, 1.807) is 12.1 Å². The molecule has 0 bridgehead atoms. The number of nitrogens with zero attached hydrogens (tertiary/aromatic N) is 3. The van der Waals surface area contributed by atoms with Crippen LogP contribution in [0.15, 0.2) is 24.4 Å². The predicted molar refractivity (Wildman–Crippen MR) is 133 cm³/mol. The van der Waals surface area contributed by atoms with Crippen LogP contribution in [0.1, 0.15) is 53.6 Å². The molecule has 1 aromatic carbocycles. The van der Waals surface area contributed by atoms with Gasteiger partial charge in [-0.2, -0.15) is 4.98 Å². The van der Waals surface area contributed by atoms with E-state index in [0.29, 0.717) is 72.0 Å². The summed E-state index contributed by atoms with van der Waals surface area (Å²) in [4.78, 5) is 46.3. The van der Waals surface area contributed by atoms with Crippen LogP contribution in [-0.4, -0.2) is 46.2 Å². The summed E-state index contributed by atoms with van der Waals surface area (Å²) in [5.74, 6) is 2.05. The van der Waals surface area contributed by atoms with E-state index in [1.807, 2.05) is 6.07 Å². The number of aromatic nitrogens is 2. The van der Waals surface area contributed by atoms with Crippen molar-refractivity contribution in [1.29, 1.82) is 0 Å². The van der Waals surface area contributed by atoms with Crippen molar-refractivity contribution in [2.45, 2.75) is 57.4 Å². The summed E-state index contributed by atoms with van der Waals surface area (Å²) in [5.41, 5.74) is 1.80. The fourth-order valence-corrected chi connectivity index (χ4v) is 6.00. The first-order valence-corrected chi connectivity index (χ1v) is 14.3. The Morgan fingerprint density at radius 1 is 1.18 bits per heavy atom. The number of phosphoric acid groups is 1. The third kappa shape index (κ3) is 8.86. The van der Waals surface area contributed by atoms with Gasteiger partial charge in [0.05, 0.1) is 20.5 Å². The fourth-order valence-electron chi connectivity index (χ4n) is 5.16. The molecule has 3 fully saturated rings. The molecule has 2 heterocycles. The van der Waals surface area contributed by atoms with Crippen LogP contribution in [0.4, 0.5) is 11.8 Å². The first-order chi connectivity index (χ1) is 17.7. The summed E-state index contributed by atoms with van der Waals surface area (Å²) >= 11 is 6.23. The SMILES string of the molecule is O=C(NC1CCC(OP(=O)([O-])[O-])CC1)c1cnc(N2CC3CC3C2)nc1NCc1ccc(CO)c(Cl)c1.[Na+].[Na+]. The molecule has 2 aromatic rings. The van der Waals surface area contributed by atoms with Crippen LogP contribution in [0.3, 0.4) is 0 Å². The number of hydrogen-bond acceptors (Lipinski definition) is 10. The molecule has 39 heavy (non-hydrogen) atoms. The molecule has 1 aromatic heterocycles. The van der Waals surface area contributed by atoms with E-state index < -0.39 is 13.9 Å². The quantitative estimate of drug-likeness (QED) is 0.191. The first kappa shape index (κ1) is 33.2. The van der Waals surface area contributed by atoms with Gasteiger partial charge in [-0.15, -0.1) is 0 Å². The van der Waals surface area contributed by atoms with Crippen molar-refractivity contribution in [3.05, 3.63) is 46.1 Å². The second-order valence-corrected chi connectivity index (χ2v) is 11.5. The fraction of sp³-hybridized carbons (Fsp3) is 0.542. The Morgan fingerprint density at radius 2 is 1.87 bits per heavy atom. The number of aliphatic hydroxyl groups is 1. The smallest absolute Gasteiger partial charge is 0.790 e. The number of piperidine rings is 1. The molecule has 1 amide bonds. The van der Waals surface area contributed by atoms with Gasteiger partial charge in [0.25, 0.3) is 5.91 Å². The number of fused-ring (bicyclic) bond motifs is 1. The minimum atomic E-state index is -5.03. The van der Waals surface area contributed by atoms with Gasteiger partial charge in [0.15, 0.2) is 0 Å². The molecule has 2 unspecified atom stereocenters. The Bertz CT molecular complexity index is 1210. The molecule has 1 saturated heterocycles. The Morgan fingerprint density at radius 3 is 2.49 bits per heavy atom. The summed E-state index contributed by atoms with van der Waals surface area (Å²) in [7, 11) is -5.03. The van der Waals surface area contributed by atoms with Crippen LogP contribution in [0.5, 0.6) is 0 Å². The van der Waals surface area contributed by atoms with Crippen LogP contribution >= 0.6 is 19.4 Å². The molecule has 5 rings (SSSR count). The van der Waals surface area contributed by atoms with Gasteiger partial charge < -0.3 is 39.5 Å². The molecule has 2 atom stereocenters. The Kier molecular flexibility index (Phi) is 12.2. The van der Waals surface area contributed by atoms with Gasteiger partial charge in [0.2, 0.25) is 5.95 Å². The normalized spacial score (nSPS) is 23.7. The zero-order valence-corrected chi connectivity index (χ0v) is 27.8. The van der Waals surface area contributed by atoms with E-state index in [4.69, 9.17) is 16.6 Å². The maximum Gasteiger partial charge on any atom is 1.00 e. The number of hydrogen-bond donors (Lipinski definition) is 3. The van der Waals surface area contributed by atoms with Crippen molar-refractivity contribution in [3.8, 4) is 0 Å². The number of carbonyl (C=O) groups excluding carboxylic acids is 1. The average molecular weight is 596 g/mol. The minimum absolute atomic E-state index is 0. The van der Waals surface area contributed by atoms with Gasteiger partial charge in [0, 0.05) is 36.9 Å². The van der Waals surface area contributed by atoms with Gasteiger partial charge in [-0.05, 0) is 61.1 Å². The predicted octanol–water partition coefficient (Wildman–Crippen LogP) is -4.42. The summed E-state index contributed by atoms with van der Waals surface area (Å²) in [6.45, 7) is 2.04. The maximum absolute atomic E-state index is 13.2. The molecular formula is C24H29ClN5Na2O6P. The molecule has 2 saturated carbocycles. The van der Waals surface area contributed by atoms with Crippen molar-refractivity contribution in [3.63, 3.8) is 0 Å². The molecule has 11 nitrogen and oxygen atoms in total. The van der Waals surface area contributed by atoms with Crippen molar-refractivity contribution < 1.29 is 87.9 Å². The first-order valence-electron chi connectivity index (χ1n) is 12.4. The molecular weight excluding hydrogens is 567 g/mol. The van der Waals surface area contributed by atoms with Crippen molar-refractivity contribution >= 4 is 37.1 Å². The van der Waals surface area contributed by atoms with Crippen molar-refractivity contribution in [2.75, 3.05) is 23.3 Å². The topological polar surface area (TPSA) is 163 Å². The van der Waals surface area contributed by atoms with Crippen molar-refractivity contribution in [1.82, 2.24) is 15.3 Å². The number of phosphoric ester groups is 1. The number of amides is 1. The second-order valence-electron chi connectivity index (χ2n) is 10.0. The standard InChI is InChI=1S/C24H31ClN5O6P.2Na/c25-21-7-14(1-2-15(21)13-31)9-26-22-20(10-27-24(29-22)30-11-16-8-17(16)12-30)23(32)28-18-3-5-19(6-4-18)36-37(33,34)35;;/h1-2,7,10,16-19,31H,3-6,8-9,11-13H2,(H,28,32)(H,26,27,29)(H2,33,34,35);;/q;2*+1/p-2. The Labute approximate surface area is 276 Å². The molecule has 0 spiro atoms. The van der Waals surface area contributed by atoms with Crippen LogP contribution in [0.2, 0.25) is 5.02 Å². The van der Waals surface area contributed by atoms with Gasteiger partial charge in [0.1, 0.15) is 11.4 Å². The third-order valence-electron chi connectivity index (χ3n) is 7.32. The minimum Gasteiger partial charge on any atom is -0.790 e. The maximum atomic E-state index is 13.2. The van der Waals surface area contributed by atoms with E-state index in [1.165, 1.54) is 12.6 Å².